The molecule has 0 aliphatic heterocycles. The fourth-order valence-corrected chi connectivity index (χ4v) is 3.33. The second-order valence-electron chi connectivity index (χ2n) is 5.85. The van der Waals surface area contributed by atoms with Crippen LogP contribution in [0.4, 0.5) is 0 Å². The van der Waals surface area contributed by atoms with Gasteiger partial charge in [0, 0.05) is 28.3 Å². The lowest BCUT2D eigenvalue weighted by atomic mass is 10.1. The Kier molecular flexibility index (Phi) is 6.10. The van der Waals surface area contributed by atoms with Crippen molar-refractivity contribution in [2.24, 2.45) is 0 Å². The van der Waals surface area contributed by atoms with E-state index in [4.69, 9.17) is 13.9 Å². The highest BCUT2D eigenvalue weighted by atomic mass is 32.2. The summed E-state index contributed by atoms with van der Waals surface area (Å²) < 4.78 is 16.0. The van der Waals surface area contributed by atoms with Gasteiger partial charge in [0.15, 0.2) is 5.76 Å². The van der Waals surface area contributed by atoms with E-state index >= 15 is 0 Å². The smallest absolute Gasteiger partial charge is 0.305 e. The average molecular weight is 400 g/mol. The quantitative estimate of drug-likeness (QED) is 0.617. The second kappa shape index (κ2) is 8.71. The van der Waals surface area contributed by atoms with Crippen molar-refractivity contribution in [3.63, 3.8) is 0 Å². The summed E-state index contributed by atoms with van der Waals surface area (Å²) in [6.45, 7) is 0. The molecular formula is C20H20N2O5S. The Balaban J connectivity index is 1.78. The molecule has 7 nitrogen and oxygen atoms in total. The van der Waals surface area contributed by atoms with Crippen molar-refractivity contribution in [1.82, 2.24) is 10.9 Å². The van der Waals surface area contributed by atoms with Crippen LogP contribution in [-0.4, -0.2) is 32.3 Å². The van der Waals surface area contributed by atoms with Crippen LogP contribution in [0.3, 0.4) is 0 Å². The molecule has 146 valence electrons. The maximum Gasteiger partial charge on any atom is 0.305 e. The number of hydrazine groups is 1. The van der Waals surface area contributed by atoms with E-state index in [-0.39, 0.29) is 11.3 Å². The highest BCUT2D eigenvalue weighted by molar-refractivity contribution is 7.97. The van der Waals surface area contributed by atoms with Crippen LogP contribution < -0.4 is 20.3 Å². The number of amides is 2. The molecule has 0 aliphatic rings. The van der Waals surface area contributed by atoms with Crippen LogP contribution in [0.25, 0.3) is 11.0 Å². The third-order valence-corrected chi connectivity index (χ3v) is 4.67. The van der Waals surface area contributed by atoms with Gasteiger partial charge in [0.2, 0.25) is 0 Å². The van der Waals surface area contributed by atoms with Gasteiger partial charge in [0.05, 0.1) is 14.2 Å². The minimum atomic E-state index is -0.525. The van der Waals surface area contributed by atoms with Crippen molar-refractivity contribution in [3.05, 3.63) is 59.4 Å². The van der Waals surface area contributed by atoms with Crippen LogP contribution >= 0.6 is 11.8 Å². The molecule has 3 rings (SSSR count). The summed E-state index contributed by atoms with van der Waals surface area (Å²) in [5, 5.41) is 0.880. The molecule has 2 amide bonds. The average Bonchev–Trinajstić information content (AvgIpc) is 3.10. The summed E-state index contributed by atoms with van der Waals surface area (Å²) in [5.41, 5.74) is 6.50. The number of hydrogen-bond acceptors (Lipinski definition) is 6. The standard InChI is InChI=1S/C20H20N2O5S/c1-25-13-8-12(9-14(10-13)26-2)19(23)21-22-20(24)18-16(11-28-3)15-6-4-5-7-17(15)27-18/h4-10H,11H2,1-3H3,(H,21,23)(H,22,24). The van der Waals surface area contributed by atoms with Crippen LogP contribution in [0, 0.1) is 0 Å². The number of carbonyl (C=O) groups excluding carboxylic acids is 2. The molecule has 1 heterocycles. The van der Waals surface area contributed by atoms with Gasteiger partial charge in [0.25, 0.3) is 5.91 Å². The zero-order chi connectivity index (χ0) is 20.1. The van der Waals surface area contributed by atoms with Gasteiger partial charge in [-0.1, -0.05) is 18.2 Å². The first kappa shape index (κ1) is 19.6. The second-order valence-corrected chi connectivity index (χ2v) is 6.71. The Hall–Kier alpha value is -3.13. The van der Waals surface area contributed by atoms with Gasteiger partial charge in [-0.2, -0.15) is 11.8 Å². The van der Waals surface area contributed by atoms with Crippen molar-refractivity contribution < 1.29 is 23.5 Å². The molecule has 3 aromatic rings. The number of rotatable bonds is 6. The van der Waals surface area contributed by atoms with Gasteiger partial charge in [-0.3, -0.25) is 20.4 Å². The lowest BCUT2D eigenvalue weighted by molar-refractivity contribution is 0.0831. The fourth-order valence-electron chi connectivity index (χ4n) is 2.75. The number of fused-ring (bicyclic) bond motifs is 1. The molecule has 0 bridgehead atoms. The molecule has 0 atom stereocenters. The Bertz CT molecular complexity index is 993. The third-order valence-electron chi connectivity index (χ3n) is 4.10. The van der Waals surface area contributed by atoms with Gasteiger partial charge in [0.1, 0.15) is 17.1 Å². The number of nitrogens with one attached hydrogen (secondary N) is 2. The lowest BCUT2D eigenvalue weighted by Crippen LogP contribution is -2.41. The lowest BCUT2D eigenvalue weighted by Gasteiger charge is -2.10. The van der Waals surface area contributed by atoms with Gasteiger partial charge in [-0.15, -0.1) is 0 Å². The number of para-hydroxylation sites is 1. The molecule has 8 heteroatoms. The Morgan fingerprint density at radius 1 is 1.00 bits per heavy atom. The topological polar surface area (TPSA) is 89.8 Å². The number of carbonyl (C=O) groups is 2. The fraction of sp³-hybridized carbons (Fsp3) is 0.200. The van der Waals surface area contributed by atoms with E-state index in [2.05, 4.69) is 10.9 Å². The van der Waals surface area contributed by atoms with Crippen molar-refractivity contribution in [1.29, 1.82) is 0 Å². The monoisotopic (exact) mass is 400 g/mol. The van der Waals surface area contributed by atoms with Crippen LogP contribution in [-0.2, 0) is 5.75 Å². The molecule has 28 heavy (non-hydrogen) atoms. The molecule has 0 saturated heterocycles. The zero-order valence-corrected chi connectivity index (χ0v) is 16.5. The van der Waals surface area contributed by atoms with Crippen molar-refractivity contribution >= 4 is 34.5 Å². The largest absolute Gasteiger partial charge is 0.497 e. The summed E-state index contributed by atoms with van der Waals surface area (Å²) in [6.07, 6.45) is 1.95. The predicted molar refractivity (Wildman–Crippen MR) is 108 cm³/mol. The molecule has 1 aromatic heterocycles. The zero-order valence-electron chi connectivity index (χ0n) is 15.7. The number of furan rings is 1. The Morgan fingerprint density at radius 3 is 2.29 bits per heavy atom. The van der Waals surface area contributed by atoms with Crippen LogP contribution in [0.15, 0.2) is 46.9 Å². The molecule has 0 aliphatic carbocycles. The number of ether oxygens (including phenoxy) is 2. The maximum atomic E-state index is 12.6. The van der Waals surface area contributed by atoms with Crippen molar-refractivity contribution in [2.45, 2.75) is 5.75 Å². The molecule has 0 fully saturated rings. The SMILES string of the molecule is COc1cc(OC)cc(C(=O)NNC(=O)c2oc3ccccc3c2CSC)c1. The first-order valence-corrected chi connectivity index (χ1v) is 9.79. The summed E-state index contributed by atoms with van der Waals surface area (Å²) in [5.74, 6) is 0.696. The first-order valence-electron chi connectivity index (χ1n) is 8.40. The Morgan fingerprint density at radius 2 is 1.64 bits per heavy atom. The predicted octanol–water partition coefficient (Wildman–Crippen LogP) is 3.39. The molecule has 2 N–H and O–H groups in total. The van der Waals surface area contributed by atoms with Crippen LogP contribution in [0.1, 0.15) is 26.5 Å². The summed E-state index contributed by atoms with van der Waals surface area (Å²) in [6, 6.07) is 12.2. The molecule has 0 spiro atoms. The van der Waals surface area contributed by atoms with Crippen LogP contribution in [0.2, 0.25) is 0 Å². The number of thioether (sulfide) groups is 1. The van der Waals surface area contributed by atoms with Gasteiger partial charge < -0.3 is 13.9 Å². The Labute approximate surface area is 166 Å². The van der Waals surface area contributed by atoms with Gasteiger partial charge >= 0.3 is 5.91 Å². The van der Waals surface area contributed by atoms with E-state index < -0.39 is 11.8 Å². The minimum Gasteiger partial charge on any atom is -0.497 e. The number of methoxy groups -OCH3 is 2. The van der Waals surface area contributed by atoms with Crippen molar-refractivity contribution in [3.8, 4) is 11.5 Å². The van der Waals surface area contributed by atoms with E-state index in [1.807, 2.05) is 24.5 Å². The highest BCUT2D eigenvalue weighted by Crippen LogP contribution is 2.28. The minimum absolute atomic E-state index is 0.180. The molecule has 2 aromatic carbocycles. The van der Waals surface area contributed by atoms with E-state index in [9.17, 15) is 9.59 Å². The van der Waals surface area contributed by atoms with E-state index in [1.54, 1.807) is 36.0 Å². The molecule has 0 saturated carbocycles. The highest BCUT2D eigenvalue weighted by Gasteiger charge is 2.21. The van der Waals surface area contributed by atoms with Crippen LogP contribution in [0.5, 0.6) is 11.5 Å². The van der Waals surface area contributed by atoms with E-state index in [0.29, 0.717) is 22.8 Å². The van der Waals surface area contributed by atoms with E-state index in [1.165, 1.54) is 14.2 Å². The number of hydrogen-bond donors (Lipinski definition) is 2. The normalized spacial score (nSPS) is 10.5. The number of benzene rings is 2. The summed E-state index contributed by atoms with van der Waals surface area (Å²) in [4.78, 5) is 25.0. The molecule has 0 radical (unpaired) electrons. The van der Waals surface area contributed by atoms with E-state index in [0.717, 1.165) is 10.9 Å². The van der Waals surface area contributed by atoms with Gasteiger partial charge in [-0.05, 0) is 24.5 Å². The maximum absolute atomic E-state index is 12.6. The molecular weight excluding hydrogens is 380 g/mol. The summed E-state index contributed by atoms with van der Waals surface area (Å²) in [7, 11) is 2.99. The van der Waals surface area contributed by atoms with Gasteiger partial charge in [-0.25, -0.2) is 0 Å². The van der Waals surface area contributed by atoms with Crippen molar-refractivity contribution in [2.75, 3.05) is 20.5 Å². The molecule has 0 unspecified atom stereocenters. The third kappa shape index (κ3) is 4.07. The first-order chi connectivity index (χ1) is 13.6. The summed E-state index contributed by atoms with van der Waals surface area (Å²) >= 11 is 1.58.